The fourth-order valence-corrected chi connectivity index (χ4v) is 4.43. The van der Waals surface area contributed by atoms with E-state index in [4.69, 9.17) is 0 Å². The van der Waals surface area contributed by atoms with Crippen molar-refractivity contribution in [3.63, 3.8) is 0 Å². The normalized spacial score (nSPS) is 12.9. The first-order chi connectivity index (χ1) is 13.2. The molecule has 0 radical (unpaired) electrons. The number of rotatable bonds is 8. The average Bonchev–Trinajstić information content (AvgIpc) is 2.69. The molecule has 0 aliphatic carbocycles. The van der Waals surface area contributed by atoms with Crippen LogP contribution < -0.4 is 0 Å². The molecule has 0 fully saturated rings. The molecule has 0 saturated heterocycles. The molecule has 2 nitrogen and oxygen atoms in total. The monoisotopic (exact) mass is 358 g/mol. The standard InChI is InChI=1S/C25H26O2/c1-2-3-4-5-6-10-22(25(26)27)20-15-13-19-12-11-17-8-7-9-18-14-16-21(20)24(19)23(17)18/h7-9,11-16,22H,2-6,10H2,1H3,(H,26,27). The van der Waals surface area contributed by atoms with E-state index in [1.807, 2.05) is 6.07 Å². The van der Waals surface area contributed by atoms with Gasteiger partial charge in [-0.25, -0.2) is 0 Å². The number of unbranched alkanes of at least 4 members (excludes halogenated alkanes) is 4. The second-order valence-electron chi connectivity index (χ2n) is 7.60. The van der Waals surface area contributed by atoms with Gasteiger partial charge in [0.2, 0.25) is 0 Å². The van der Waals surface area contributed by atoms with Crippen molar-refractivity contribution in [2.75, 3.05) is 0 Å². The van der Waals surface area contributed by atoms with E-state index in [1.54, 1.807) is 0 Å². The molecule has 4 aromatic carbocycles. The van der Waals surface area contributed by atoms with Gasteiger partial charge in [0.25, 0.3) is 0 Å². The van der Waals surface area contributed by atoms with Gasteiger partial charge in [-0.1, -0.05) is 93.6 Å². The Bertz CT molecular complexity index is 1060. The van der Waals surface area contributed by atoms with Crippen molar-refractivity contribution in [2.45, 2.75) is 51.4 Å². The molecule has 138 valence electrons. The van der Waals surface area contributed by atoms with Gasteiger partial charge in [-0.3, -0.25) is 4.79 Å². The van der Waals surface area contributed by atoms with Crippen molar-refractivity contribution < 1.29 is 9.90 Å². The van der Waals surface area contributed by atoms with Gasteiger partial charge in [0.15, 0.2) is 0 Å². The zero-order chi connectivity index (χ0) is 18.8. The van der Waals surface area contributed by atoms with Crippen LogP contribution in [0.25, 0.3) is 32.3 Å². The van der Waals surface area contributed by atoms with Crippen LogP contribution in [0, 0.1) is 0 Å². The minimum absolute atomic E-state index is 0.434. The highest BCUT2D eigenvalue weighted by atomic mass is 16.4. The number of carboxylic acids is 1. The third kappa shape index (κ3) is 3.25. The van der Waals surface area contributed by atoms with Crippen LogP contribution in [0.5, 0.6) is 0 Å². The van der Waals surface area contributed by atoms with Crippen LogP contribution in [0.2, 0.25) is 0 Å². The summed E-state index contributed by atoms with van der Waals surface area (Å²) in [6, 6.07) is 19.0. The number of aliphatic carboxylic acids is 1. The summed E-state index contributed by atoms with van der Waals surface area (Å²) in [4.78, 5) is 12.1. The lowest BCUT2D eigenvalue weighted by Gasteiger charge is -2.18. The zero-order valence-corrected chi connectivity index (χ0v) is 15.9. The van der Waals surface area contributed by atoms with E-state index >= 15 is 0 Å². The number of hydrogen-bond donors (Lipinski definition) is 1. The lowest BCUT2D eigenvalue weighted by molar-refractivity contribution is -0.139. The topological polar surface area (TPSA) is 37.3 Å². The maximum Gasteiger partial charge on any atom is 0.310 e. The van der Waals surface area contributed by atoms with Crippen molar-refractivity contribution in [3.05, 3.63) is 60.2 Å². The van der Waals surface area contributed by atoms with Crippen molar-refractivity contribution in [2.24, 2.45) is 0 Å². The molecule has 0 saturated carbocycles. The Labute approximate surface area is 160 Å². The van der Waals surface area contributed by atoms with Crippen LogP contribution in [-0.2, 0) is 4.79 Å². The Morgan fingerprint density at radius 3 is 2.15 bits per heavy atom. The molecule has 27 heavy (non-hydrogen) atoms. The molecule has 2 heteroatoms. The fourth-order valence-electron chi connectivity index (χ4n) is 4.43. The predicted octanol–water partition coefficient (Wildman–Crippen LogP) is 7.11. The van der Waals surface area contributed by atoms with Crippen LogP contribution >= 0.6 is 0 Å². The highest BCUT2D eigenvalue weighted by Crippen LogP contribution is 2.39. The quantitative estimate of drug-likeness (QED) is 0.269. The van der Waals surface area contributed by atoms with Crippen molar-refractivity contribution in [3.8, 4) is 0 Å². The van der Waals surface area contributed by atoms with Crippen LogP contribution in [-0.4, -0.2) is 11.1 Å². The molecular weight excluding hydrogens is 332 g/mol. The van der Waals surface area contributed by atoms with Crippen LogP contribution in [0.3, 0.4) is 0 Å². The van der Waals surface area contributed by atoms with E-state index in [1.165, 1.54) is 46.2 Å². The molecule has 4 rings (SSSR count). The Morgan fingerprint density at radius 1 is 0.815 bits per heavy atom. The highest BCUT2D eigenvalue weighted by molar-refractivity contribution is 6.23. The Hall–Kier alpha value is -2.61. The first-order valence-electron chi connectivity index (χ1n) is 10.1. The highest BCUT2D eigenvalue weighted by Gasteiger charge is 2.22. The SMILES string of the molecule is CCCCCCCC(C(=O)O)c1ccc2ccc3cccc4ccc1c2c34. The molecule has 0 heterocycles. The summed E-state index contributed by atoms with van der Waals surface area (Å²) in [5, 5.41) is 17.1. The third-order valence-corrected chi connectivity index (χ3v) is 5.83. The number of hydrogen-bond acceptors (Lipinski definition) is 1. The van der Waals surface area contributed by atoms with Gasteiger partial charge in [0.1, 0.15) is 0 Å². The van der Waals surface area contributed by atoms with Crippen molar-refractivity contribution >= 4 is 38.3 Å². The largest absolute Gasteiger partial charge is 0.481 e. The van der Waals surface area contributed by atoms with E-state index in [2.05, 4.69) is 55.5 Å². The van der Waals surface area contributed by atoms with Crippen LogP contribution in [0.1, 0.15) is 56.9 Å². The molecular formula is C25H26O2. The summed E-state index contributed by atoms with van der Waals surface area (Å²) >= 11 is 0. The summed E-state index contributed by atoms with van der Waals surface area (Å²) < 4.78 is 0. The zero-order valence-electron chi connectivity index (χ0n) is 15.9. The summed E-state index contributed by atoms with van der Waals surface area (Å²) in [5.74, 6) is -1.14. The molecule has 0 aromatic heterocycles. The van der Waals surface area contributed by atoms with Crippen molar-refractivity contribution in [1.29, 1.82) is 0 Å². The Kier molecular flexibility index (Phi) is 4.98. The van der Waals surface area contributed by atoms with Gasteiger partial charge in [-0.15, -0.1) is 0 Å². The number of carboxylic acid groups (broad SMARTS) is 1. The first-order valence-corrected chi connectivity index (χ1v) is 10.1. The lowest BCUT2D eigenvalue weighted by atomic mass is 9.85. The maximum atomic E-state index is 12.1. The molecule has 0 spiro atoms. The minimum atomic E-state index is -0.708. The summed E-state index contributed by atoms with van der Waals surface area (Å²) in [6.07, 6.45) is 6.43. The smallest absolute Gasteiger partial charge is 0.310 e. The molecule has 1 N–H and O–H groups in total. The molecule has 0 bridgehead atoms. The van der Waals surface area contributed by atoms with Gasteiger partial charge in [-0.2, -0.15) is 0 Å². The van der Waals surface area contributed by atoms with E-state index < -0.39 is 11.9 Å². The van der Waals surface area contributed by atoms with Gasteiger partial charge < -0.3 is 5.11 Å². The molecule has 0 aliphatic rings. The predicted molar refractivity (Wildman–Crippen MR) is 114 cm³/mol. The Morgan fingerprint density at radius 2 is 1.44 bits per heavy atom. The first kappa shape index (κ1) is 17.8. The lowest BCUT2D eigenvalue weighted by Crippen LogP contribution is -2.12. The summed E-state index contributed by atoms with van der Waals surface area (Å²) in [7, 11) is 0. The van der Waals surface area contributed by atoms with Crippen LogP contribution in [0.15, 0.2) is 54.6 Å². The summed E-state index contributed by atoms with van der Waals surface area (Å²) in [5.41, 5.74) is 0.962. The van der Waals surface area contributed by atoms with Crippen molar-refractivity contribution in [1.82, 2.24) is 0 Å². The number of benzene rings is 4. The van der Waals surface area contributed by atoms with Crippen LogP contribution in [0.4, 0.5) is 0 Å². The maximum absolute atomic E-state index is 12.1. The molecule has 0 aliphatic heterocycles. The average molecular weight is 358 g/mol. The van der Waals surface area contributed by atoms with E-state index in [0.717, 1.165) is 23.8 Å². The van der Waals surface area contributed by atoms with E-state index in [0.29, 0.717) is 6.42 Å². The molecule has 4 aromatic rings. The Balaban J connectivity index is 1.79. The third-order valence-electron chi connectivity index (χ3n) is 5.83. The van der Waals surface area contributed by atoms with Gasteiger partial charge in [-0.05, 0) is 44.3 Å². The summed E-state index contributed by atoms with van der Waals surface area (Å²) in [6.45, 7) is 2.20. The second kappa shape index (κ2) is 7.56. The molecule has 1 unspecified atom stereocenters. The fraction of sp³-hybridized carbons (Fsp3) is 0.320. The number of carbonyl (C=O) groups is 1. The van der Waals surface area contributed by atoms with Gasteiger partial charge in [0, 0.05) is 0 Å². The van der Waals surface area contributed by atoms with Gasteiger partial charge in [0.05, 0.1) is 5.92 Å². The van der Waals surface area contributed by atoms with E-state index in [9.17, 15) is 9.90 Å². The minimum Gasteiger partial charge on any atom is -0.481 e. The van der Waals surface area contributed by atoms with E-state index in [-0.39, 0.29) is 0 Å². The molecule has 0 amide bonds. The van der Waals surface area contributed by atoms with Gasteiger partial charge >= 0.3 is 5.97 Å². The molecule has 1 atom stereocenters. The second-order valence-corrected chi connectivity index (χ2v) is 7.60.